The number of aliphatic hydroxyl groups is 1. The van der Waals surface area contributed by atoms with Gasteiger partial charge in [-0.15, -0.1) is 0 Å². The van der Waals surface area contributed by atoms with Gasteiger partial charge in [0.1, 0.15) is 12.3 Å². The Labute approximate surface area is 64.8 Å². The standard InChI is InChI=1S/C7H11NO3/c1-5(10)8-3-2-7(11)6(8)4-9/h4,6-7,11H,2-3H2,1H3/t6-,7?/m1/s1. The maximum atomic E-state index is 10.8. The van der Waals surface area contributed by atoms with E-state index in [1.165, 1.54) is 11.8 Å². The van der Waals surface area contributed by atoms with E-state index in [9.17, 15) is 14.7 Å². The lowest BCUT2D eigenvalue weighted by atomic mass is 10.2. The van der Waals surface area contributed by atoms with E-state index >= 15 is 0 Å². The van der Waals surface area contributed by atoms with Crippen molar-refractivity contribution >= 4 is 12.2 Å². The Morgan fingerprint density at radius 1 is 1.73 bits per heavy atom. The Morgan fingerprint density at radius 3 is 2.73 bits per heavy atom. The molecule has 1 rings (SSSR count). The predicted molar refractivity (Wildman–Crippen MR) is 37.9 cm³/mol. The molecule has 0 bridgehead atoms. The van der Waals surface area contributed by atoms with E-state index in [0.717, 1.165) is 0 Å². The molecule has 1 amide bonds. The lowest BCUT2D eigenvalue weighted by Gasteiger charge is -2.19. The minimum Gasteiger partial charge on any atom is -0.390 e. The summed E-state index contributed by atoms with van der Waals surface area (Å²) < 4.78 is 0. The van der Waals surface area contributed by atoms with Crippen molar-refractivity contribution in [3.63, 3.8) is 0 Å². The number of amides is 1. The molecule has 0 aromatic heterocycles. The van der Waals surface area contributed by atoms with Crippen molar-refractivity contribution in [3.8, 4) is 0 Å². The molecule has 0 aliphatic carbocycles. The predicted octanol–water partition coefficient (Wildman–Crippen LogP) is -0.833. The van der Waals surface area contributed by atoms with Gasteiger partial charge in [0, 0.05) is 13.5 Å². The number of hydrogen-bond acceptors (Lipinski definition) is 3. The molecule has 1 heterocycles. The first-order valence-electron chi connectivity index (χ1n) is 3.57. The number of aliphatic hydroxyl groups excluding tert-OH is 1. The van der Waals surface area contributed by atoms with Crippen LogP contribution in [0.4, 0.5) is 0 Å². The average Bonchev–Trinajstić information content (AvgIpc) is 2.30. The fraction of sp³-hybridized carbons (Fsp3) is 0.714. The van der Waals surface area contributed by atoms with Crippen molar-refractivity contribution in [2.24, 2.45) is 0 Å². The van der Waals surface area contributed by atoms with Crippen molar-refractivity contribution < 1.29 is 14.7 Å². The van der Waals surface area contributed by atoms with Crippen molar-refractivity contribution in [3.05, 3.63) is 0 Å². The molecule has 2 atom stereocenters. The lowest BCUT2D eigenvalue weighted by molar-refractivity contribution is -0.133. The zero-order valence-corrected chi connectivity index (χ0v) is 6.36. The van der Waals surface area contributed by atoms with Gasteiger partial charge in [-0.2, -0.15) is 0 Å². The monoisotopic (exact) mass is 157 g/mol. The third-order valence-corrected chi connectivity index (χ3v) is 1.96. The van der Waals surface area contributed by atoms with Crippen molar-refractivity contribution in [1.82, 2.24) is 4.90 Å². The van der Waals surface area contributed by atoms with Gasteiger partial charge in [0.15, 0.2) is 0 Å². The molecule has 1 unspecified atom stereocenters. The molecule has 1 N–H and O–H groups in total. The number of nitrogens with zero attached hydrogens (tertiary/aromatic N) is 1. The Hall–Kier alpha value is -0.900. The second-order valence-electron chi connectivity index (χ2n) is 2.70. The Bertz CT molecular complexity index is 181. The first-order chi connectivity index (χ1) is 5.16. The largest absolute Gasteiger partial charge is 0.390 e. The van der Waals surface area contributed by atoms with Crippen LogP contribution in [0.5, 0.6) is 0 Å². The summed E-state index contributed by atoms with van der Waals surface area (Å²) in [5, 5.41) is 9.18. The fourth-order valence-corrected chi connectivity index (χ4v) is 1.33. The van der Waals surface area contributed by atoms with E-state index in [1.54, 1.807) is 0 Å². The number of rotatable bonds is 1. The molecule has 1 saturated heterocycles. The summed E-state index contributed by atoms with van der Waals surface area (Å²) in [6, 6.07) is -0.618. The maximum absolute atomic E-state index is 10.8. The first-order valence-corrected chi connectivity index (χ1v) is 3.57. The summed E-state index contributed by atoms with van der Waals surface area (Å²) in [5.74, 6) is -0.154. The van der Waals surface area contributed by atoms with E-state index in [0.29, 0.717) is 19.3 Å². The third kappa shape index (κ3) is 1.40. The highest BCUT2D eigenvalue weighted by Crippen LogP contribution is 2.15. The molecule has 0 aromatic rings. The molecule has 0 radical (unpaired) electrons. The summed E-state index contributed by atoms with van der Waals surface area (Å²) >= 11 is 0. The van der Waals surface area contributed by atoms with Crippen LogP contribution >= 0.6 is 0 Å². The van der Waals surface area contributed by atoms with Gasteiger partial charge < -0.3 is 14.8 Å². The van der Waals surface area contributed by atoms with Gasteiger partial charge in [-0.05, 0) is 6.42 Å². The summed E-state index contributed by atoms with van der Waals surface area (Å²) in [6.07, 6.45) is 0.457. The van der Waals surface area contributed by atoms with E-state index in [-0.39, 0.29) is 5.91 Å². The Morgan fingerprint density at radius 2 is 2.36 bits per heavy atom. The minimum absolute atomic E-state index is 0.154. The topological polar surface area (TPSA) is 57.6 Å². The molecule has 4 nitrogen and oxygen atoms in total. The molecule has 0 aromatic carbocycles. The smallest absolute Gasteiger partial charge is 0.220 e. The van der Waals surface area contributed by atoms with Crippen LogP contribution in [0.1, 0.15) is 13.3 Å². The van der Waals surface area contributed by atoms with Crippen LogP contribution in [0, 0.1) is 0 Å². The van der Waals surface area contributed by atoms with Crippen LogP contribution in [0.2, 0.25) is 0 Å². The van der Waals surface area contributed by atoms with Crippen LogP contribution in [0.15, 0.2) is 0 Å². The van der Waals surface area contributed by atoms with Crippen LogP contribution in [0.25, 0.3) is 0 Å². The van der Waals surface area contributed by atoms with Crippen LogP contribution in [-0.2, 0) is 9.59 Å². The summed E-state index contributed by atoms with van der Waals surface area (Å²) in [5.41, 5.74) is 0. The van der Waals surface area contributed by atoms with Crippen molar-refractivity contribution in [1.29, 1.82) is 0 Å². The molecular weight excluding hydrogens is 146 g/mol. The normalized spacial score (nSPS) is 30.5. The van der Waals surface area contributed by atoms with E-state index in [4.69, 9.17) is 0 Å². The summed E-state index contributed by atoms with van der Waals surface area (Å²) in [7, 11) is 0. The molecule has 11 heavy (non-hydrogen) atoms. The second kappa shape index (κ2) is 3.00. The van der Waals surface area contributed by atoms with Gasteiger partial charge in [0.05, 0.1) is 6.10 Å². The second-order valence-corrected chi connectivity index (χ2v) is 2.70. The quantitative estimate of drug-likeness (QED) is 0.505. The van der Waals surface area contributed by atoms with Gasteiger partial charge >= 0.3 is 0 Å². The van der Waals surface area contributed by atoms with Gasteiger partial charge in [-0.25, -0.2) is 0 Å². The molecule has 0 saturated carbocycles. The lowest BCUT2D eigenvalue weighted by Crippen LogP contribution is -2.39. The third-order valence-electron chi connectivity index (χ3n) is 1.96. The highest BCUT2D eigenvalue weighted by Gasteiger charge is 2.33. The van der Waals surface area contributed by atoms with Crippen LogP contribution in [-0.4, -0.2) is 40.9 Å². The van der Waals surface area contributed by atoms with Crippen LogP contribution < -0.4 is 0 Å². The fourth-order valence-electron chi connectivity index (χ4n) is 1.33. The Kier molecular flexibility index (Phi) is 2.24. The van der Waals surface area contributed by atoms with Crippen molar-refractivity contribution in [2.45, 2.75) is 25.5 Å². The maximum Gasteiger partial charge on any atom is 0.220 e. The first kappa shape index (κ1) is 8.20. The number of hydrogen-bond donors (Lipinski definition) is 1. The van der Waals surface area contributed by atoms with Gasteiger partial charge in [0.25, 0.3) is 0 Å². The number of aldehydes is 1. The van der Waals surface area contributed by atoms with Gasteiger partial charge in [0.2, 0.25) is 5.91 Å². The van der Waals surface area contributed by atoms with Gasteiger partial charge in [-0.3, -0.25) is 4.79 Å². The molecule has 0 spiro atoms. The molecule has 62 valence electrons. The highest BCUT2D eigenvalue weighted by atomic mass is 16.3. The number of carbonyl (C=O) groups excluding carboxylic acids is 2. The molecule has 1 aliphatic heterocycles. The molecule has 1 fully saturated rings. The van der Waals surface area contributed by atoms with Gasteiger partial charge in [-0.1, -0.05) is 0 Å². The summed E-state index contributed by atoms with van der Waals surface area (Å²) in [6.45, 7) is 1.88. The average molecular weight is 157 g/mol. The molecular formula is C7H11NO3. The molecule has 1 aliphatic rings. The van der Waals surface area contributed by atoms with E-state index in [2.05, 4.69) is 0 Å². The zero-order chi connectivity index (χ0) is 8.43. The zero-order valence-electron chi connectivity index (χ0n) is 6.36. The van der Waals surface area contributed by atoms with E-state index < -0.39 is 12.1 Å². The minimum atomic E-state index is -0.670. The van der Waals surface area contributed by atoms with Crippen molar-refractivity contribution in [2.75, 3.05) is 6.54 Å². The van der Waals surface area contributed by atoms with E-state index in [1.807, 2.05) is 0 Å². The Balaban J connectivity index is 2.68. The van der Waals surface area contributed by atoms with Crippen LogP contribution in [0.3, 0.4) is 0 Å². The SMILES string of the molecule is CC(=O)N1CCC(O)[C@H]1C=O. The number of likely N-dealkylation sites (tertiary alicyclic amines) is 1. The summed E-state index contributed by atoms with van der Waals surface area (Å²) in [4.78, 5) is 22.6. The number of carbonyl (C=O) groups is 2. The molecule has 4 heteroatoms. The highest BCUT2D eigenvalue weighted by molar-refractivity contribution is 5.78.